The molecule has 0 atom stereocenters. The molecule has 4 heteroatoms. The number of aromatic nitrogens is 2. The number of benzene rings is 2. The van der Waals surface area contributed by atoms with Crippen molar-refractivity contribution in [3.8, 4) is 0 Å². The van der Waals surface area contributed by atoms with E-state index in [1.807, 2.05) is 36.4 Å². The summed E-state index contributed by atoms with van der Waals surface area (Å²) in [6.45, 7) is 0. The fraction of sp³-hybridized carbons (Fsp3) is 0.0588. The molecule has 1 N–H and O–H groups in total. The van der Waals surface area contributed by atoms with Crippen molar-refractivity contribution in [2.75, 3.05) is 5.32 Å². The molecule has 3 aromatic rings. The SMILES string of the molecule is Clc1cncc(Nc2ccccc2Cc2ccccc2)n1. The second kappa shape index (κ2) is 6.37. The van der Waals surface area contributed by atoms with Gasteiger partial charge in [-0.05, 0) is 23.6 Å². The van der Waals surface area contributed by atoms with Crippen LogP contribution >= 0.6 is 11.6 Å². The standard InChI is InChI=1S/C17H14ClN3/c18-16-11-19-12-17(21-16)20-15-9-5-4-8-14(15)10-13-6-2-1-3-7-13/h1-9,11-12H,10H2,(H,20,21). The molecule has 3 nitrogen and oxygen atoms in total. The third-order valence-electron chi connectivity index (χ3n) is 3.12. The quantitative estimate of drug-likeness (QED) is 0.772. The van der Waals surface area contributed by atoms with Crippen molar-refractivity contribution in [2.45, 2.75) is 6.42 Å². The van der Waals surface area contributed by atoms with Crippen LogP contribution in [-0.2, 0) is 6.42 Å². The van der Waals surface area contributed by atoms with Crippen LogP contribution in [0.3, 0.4) is 0 Å². The molecule has 0 amide bonds. The number of hydrogen-bond acceptors (Lipinski definition) is 3. The predicted octanol–water partition coefficient (Wildman–Crippen LogP) is 4.46. The Kier molecular flexibility index (Phi) is 4.12. The monoisotopic (exact) mass is 295 g/mol. The van der Waals surface area contributed by atoms with Crippen molar-refractivity contribution in [3.63, 3.8) is 0 Å². The van der Waals surface area contributed by atoms with Crippen LogP contribution in [0.1, 0.15) is 11.1 Å². The summed E-state index contributed by atoms with van der Waals surface area (Å²) >= 11 is 5.87. The fourth-order valence-electron chi connectivity index (χ4n) is 2.15. The van der Waals surface area contributed by atoms with Gasteiger partial charge >= 0.3 is 0 Å². The number of hydrogen-bond donors (Lipinski definition) is 1. The molecule has 0 spiro atoms. The molecule has 1 heterocycles. The first-order valence-corrected chi connectivity index (χ1v) is 7.05. The van der Waals surface area contributed by atoms with Crippen molar-refractivity contribution in [2.24, 2.45) is 0 Å². The molecule has 0 bridgehead atoms. The maximum atomic E-state index is 5.87. The van der Waals surface area contributed by atoms with Crippen molar-refractivity contribution >= 4 is 23.1 Å². The Hall–Kier alpha value is -2.39. The average molecular weight is 296 g/mol. The first kappa shape index (κ1) is 13.6. The highest BCUT2D eigenvalue weighted by Crippen LogP contribution is 2.22. The molecule has 1 aromatic heterocycles. The average Bonchev–Trinajstić information content (AvgIpc) is 2.50. The molecule has 0 aliphatic heterocycles. The minimum Gasteiger partial charge on any atom is -0.339 e. The summed E-state index contributed by atoms with van der Waals surface area (Å²) in [7, 11) is 0. The van der Waals surface area contributed by atoms with Gasteiger partial charge in [-0.3, -0.25) is 4.98 Å². The molecule has 0 saturated carbocycles. The van der Waals surface area contributed by atoms with E-state index in [-0.39, 0.29) is 0 Å². The van der Waals surface area contributed by atoms with Gasteiger partial charge in [-0.2, -0.15) is 0 Å². The van der Waals surface area contributed by atoms with E-state index in [1.54, 1.807) is 6.20 Å². The molecule has 2 aromatic carbocycles. The fourth-order valence-corrected chi connectivity index (χ4v) is 2.30. The maximum absolute atomic E-state index is 5.87. The second-order valence-electron chi connectivity index (χ2n) is 4.67. The summed E-state index contributed by atoms with van der Waals surface area (Å²) in [6.07, 6.45) is 4.03. The zero-order valence-corrected chi connectivity index (χ0v) is 12.1. The second-order valence-corrected chi connectivity index (χ2v) is 5.06. The first-order valence-electron chi connectivity index (χ1n) is 6.68. The molecule has 0 saturated heterocycles. The highest BCUT2D eigenvalue weighted by molar-refractivity contribution is 6.29. The van der Waals surface area contributed by atoms with Crippen LogP contribution in [0.2, 0.25) is 5.15 Å². The van der Waals surface area contributed by atoms with Crippen LogP contribution in [0.4, 0.5) is 11.5 Å². The lowest BCUT2D eigenvalue weighted by Crippen LogP contribution is -1.99. The Morgan fingerprint density at radius 2 is 1.67 bits per heavy atom. The predicted molar refractivity (Wildman–Crippen MR) is 86.0 cm³/mol. The number of rotatable bonds is 4. The van der Waals surface area contributed by atoms with Gasteiger partial charge in [0.25, 0.3) is 0 Å². The zero-order chi connectivity index (χ0) is 14.5. The molecular formula is C17H14ClN3. The number of nitrogens with one attached hydrogen (secondary N) is 1. The molecule has 0 fully saturated rings. The summed E-state index contributed by atoms with van der Waals surface area (Å²) in [4.78, 5) is 8.25. The van der Waals surface area contributed by atoms with Crippen molar-refractivity contribution < 1.29 is 0 Å². The van der Waals surface area contributed by atoms with Crippen LogP contribution in [0.25, 0.3) is 0 Å². The molecule has 0 unspecified atom stereocenters. The van der Waals surface area contributed by atoms with E-state index >= 15 is 0 Å². The zero-order valence-electron chi connectivity index (χ0n) is 11.3. The normalized spacial score (nSPS) is 10.3. The van der Waals surface area contributed by atoms with Crippen molar-refractivity contribution in [1.29, 1.82) is 0 Å². The lowest BCUT2D eigenvalue weighted by molar-refractivity contribution is 1.17. The van der Waals surface area contributed by atoms with Gasteiger partial charge in [0.1, 0.15) is 5.15 Å². The minimum atomic E-state index is 0.376. The van der Waals surface area contributed by atoms with Gasteiger partial charge in [-0.1, -0.05) is 60.1 Å². The molecule has 0 aliphatic carbocycles. The molecule has 3 rings (SSSR count). The maximum Gasteiger partial charge on any atom is 0.150 e. The van der Waals surface area contributed by atoms with E-state index in [2.05, 4.69) is 33.5 Å². The highest BCUT2D eigenvalue weighted by Gasteiger charge is 2.04. The molecular weight excluding hydrogens is 282 g/mol. The number of nitrogens with zero attached hydrogens (tertiary/aromatic N) is 2. The van der Waals surface area contributed by atoms with Crippen LogP contribution in [0, 0.1) is 0 Å². The lowest BCUT2D eigenvalue weighted by atomic mass is 10.0. The summed E-state index contributed by atoms with van der Waals surface area (Å²) in [5, 5.41) is 3.65. The van der Waals surface area contributed by atoms with Crippen LogP contribution in [-0.4, -0.2) is 9.97 Å². The summed E-state index contributed by atoms with van der Waals surface area (Å²) in [5.74, 6) is 0.642. The van der Waals surface area contributed by atoms with Gasteiger partial charge in [0.2, 0.25) is 0 Å². The van der Waals surface area contributed by atoms with Crippen LogP contribution in [0.5, 0.6) is 0 Å². The number of anilines is 2. The third kappa shape index (κ3) is 3.58. The Morgan fingerprint density at radius 1 is 0.905 bits per heavy atom. The van der Waals surface area contributed by atoms with E-state index in [4.69, 9.17) is 11.6 Å². The lowest BCUT2D eigenvalue weighted by Gasteiger charge is -2.11. The van der Waals surface area contributed by atoms with Gasteiger partial charge in [-0.15, -0.1) is 0 Å². The highest BCUT2D eigenvalue weighted by atomic mass is 35.5. The Morgan fingerprint density at radius 3 is 2.48 bits per heavy atom. The van der Waals surface area contributed by atoms with E-state index in [0.29, 0.717) is 11.0 Å². The van der Waals surface area contributed by atoms with E-state index in [0.717, 1.165) is 12.1 Å². The van der Waals surface area contributed by atoms with Gasteiger partial charge in [-0.25, -0.2) is 4.98 Å². The van der Waals surface area contributed by atoms with Gasteiger partial charge in [0.05, 0.1) is 12.4 Å². The van der Waals surface area contributed by atoms with Crippen LogP contribution < -0.4 is 5.32 Å². The van der Waals surface area contributed by atoms with E-state index < -0.39 is 0 Å². The van der Waals surface area contributed by atoms with E-state index in [9.17, 15) is 0 Å². The first-order chi connectivity index (χ1) is 10.3. The summed E-state index contributed by atoms with van der Waals surface area (Å²) < 4.78 is 0. The summed E-state index contributed by atoms with van der Waals surface area (Å²) in [5.41, 5.74) is 3.48. The van der Waals surface area contributed by atoms with Crippen molar-refractivity contribution in [1.82, 2.24) is 9.97 Å². The topological polar surface area (TPSA) is 37.8 Å². The largest absolute Gasteiger partial charge is 0.339 e. The number of para-hydroxylation sites is 1. The van der Waals surface area contributed by atoms with Crippen LogP contribution in [0.15, 0.2) is 67.0 Å². The third-order valence-corrected chi connectivity index (χ3v) is 3.30. The minimum absolute atomic E-state index is 0.376. The molecule has 0 aliphatic rings. The molecule has 21 heavy (non-hydrogen) atoms. The van der Waals surface area contributed by atoms with Crippen molar-refractivity contribution in [3.05, 3.63) is 83.3 Å². The molecule has 104 valence electrons. The smallest absolute Gasteiger partial charge is 0.150 e. The van der Waals surface area contributed by atoms with Gasteiger partial charge in [0, 0.05) is 5.69 Å². The van der Waals surface area contributed by atoms with E-state index in [1.165, 1.54) is 17.3 Å². The Bertz CT molecular complexity index is 729. The number of halogens is 1. The Labute approximate surface area is 128 Å². The molecule has 0 radical (unpaired) electrons. The summed E-state index contributed by atoms with van der Waals surface area (Å²) in [6, 6.07) is 18.5. The van der Waals surface area contributed by atoms with Gasteiger partial charge < -0.3 is 5.32 Å². The Balaban J connectivity index is 1.86. The van der Waals surface area contributed by atoms with Gasteiger partial charge in [0.15, 0.2) is 5.82 Å².